The van der Waals surface area contributed by atoms with Gasteiger partial charge in [0.25, 0.3) is 0 Å². The summed E-state index contributed by atoms with van der Waals surface area (Å²) in [5.74, 6) is 1.40. The van der Waals surface area contributed by atoms with Gasteiger partial charge in [-0.05, 0) is 55.2 Å². The maximum absolute atomic E-state index is 12.8. The Bertz CT molecular complexity index is 582. The van der Waals surface area contributed by atoms with Gasteiger partial charge in [-0.2, -0.15) is 0 Å². The van der Waals surface area contributed by atoms with Crippen molar-refractivity contribution in [3.63, 3.8) is 0 Å². The van der Waals surface area contributed by atoms with Crippen LogP contribution in [-0.4, -0.2) is 23.9 Å². The molecular formula is C18H25Cl3N2O. The van der Waals surface area contributed by atoms with Crippen molar-refractivity contribution in [2.45, 2.75) is 44.7 Å². The Labute approximate surface area is 160 Å². The number of rotatable bonds is 3. The molecule has 1 aromatic rings. The van der Waals surface area contributed by atoms with Gasteiger partial charge in [0.15, 0.2) is 0 Å². The van der Waals surface area contributed by atoms with Crippen molar-refractivity contribution in [2.24, 2.45) is 23.5 Å². The van der Waals surface area contributed by atoms with Crippen molar-refractivity contribution in [3.8, 4) is 0 Å². The quantitative estimate of drug-likeness (QED) is 0.823. The van der Waals surface area contributed by atoms with Crippen LogP contribution in [0.2, 0.25) is 10.0 Å². The zero-order valence-electron chi connectivity index (χ0n) is 13.9. The second-order valence-electron chi connectivity index (χ2n) is 7.14. The fourth-order valence-corrected chi connectivity index (χ4v) is 4.61. The van der Waals surface area contributed by atoms with Gasteiger partial charge in [-0.25, -0.2) is 0 Å². The molecule has 0 aliphatic heterocycles. The van der Waals surface area contributed by atoms with Crippen LogP contribution in [0.1, 0.15) is 37.7 Å². The largest absolute Gasteiger partial charge is 0.341 e. The normalized spacial score (nSPS) is 28.8. The highest BCUT2D eigenvalue weighted by molar-refractivity contribution is 6.42. The molecule has 2 aliphatic carbocycles. The van der Waals surface area contributed by atoms with Gasteiger partial charge in [-0.15, -0.1) is 12.4 Å². The van der Waals surface area contributed by atoms with E-state index in [1.165, 1.54) is 19.3 Å². The molecule has 6 heteroatoms. The molecule has 3 rings (SSSR count). The van der Waals surface area contributed by atoms with Crippen LogP contribution >= 0.6 is 35.6 Å². The summed E-state index contributed by atoms with van der Waals surface area (Å²) in [6.07, 6.45) is 5.52. The maximum atomic E-state index is 12.8. The number of hydrogen-bond acceptors (Lipinski definition) is 2. The number of amides is 1. The van der Waals surface area contributed by atoms with Crippen molar-refractivity contribution >= 4 is 41.5 Å². The number of benzene rings is 1. The van der Waals surface area contributed by atoms with Gasteiger partial charge in [-0.3, -0.25) is 4.79 Å². The molecule has 2 fully saturated rings. The summed E-state index contributed by atoms with van der Waals surface area (Å²) in [5, 5.41) is 1.07. The number of halogens is 3. The molecule has 1 aromatic carbocycles. The first kappa shape index (κ1) is 19.8. The second-order valence-corrected chi connectivity index (χ2v) is 7.95. The summed E-state index contributed by atoms with van der Waals surface area (Å²) in [6, 6.07) is 5.83. The van der Waals surface area contributed by atoms with Crippen molar-refractivity contribution in [1.82, 2.24) is 4.90 Å². The first-order chi connectivity index (χ1) is 11.0. The summed E-state index contributed by atoms with van der Waals surface area (Å²) in [5.41, 5.74) is 7.33. The molecule has 0 aromatic heterocycles. The number of nitrogens with zero attached hydrogens (tertiary/aromatic N) is 1. The summed E-state index contributed by atoms with van der Waals surface area (Å²) < 4.78 is 0. The number of nitrogens with two attached hydrogens (primary N) is 1. The number of hydrogen-bond donors (Lipinski definition) is 1. The highest BCUT2D eigenvalue weighted by Gasteiger charge is 2.41. The predicted molar refractivity (Wildman–Crippen MR) is 102 cm³/mol. The smallest absolute Gasteiger partial charge is 0.225 e. The Kier molecular flexibility index (Phi) is 6.83. The highest BCUT2D eigenvalue weighted by atomic mass is 35.5. The van der Waals surface area contributed by atoms with Crippen LogP contribution in [0.3, 0.4) is 0 Å². The van der Waals surface area contributed by atoms with E-state index in [1.54, 1.807) is 6.07 Å². The fraction of sp³-hybridized carbons (Fsp3) is 0.611. The van der Waals surface area contributed by atoms with Crippen LogP contribution in [0.4, 0.5) is 0 Å². The maximum Gasteiger partial charge on any atom is 0.225 e. The molecule has 0 saturated heterocycles. The van der Waals surface area contributed by atoms with E-state index >= 15 is 0 Å². The van der Waals surface area contributed by atoms with E-state index in [2.05, 4.69) is 0 Å². The third-order valence-electron chi connectivity index (χ3n) is 5.54. The Morgan fingerprint density at radius 2 is 1.83 bits per heavy atom. The minimum absolute atomic E-state index is 0. The first-order valence-electron chi connectivity index (χ1n) is 8.40. The minimum Gasteiger partial charge on any atom is -0.341 e. The minimum atomic E-state index is 0. The fourth-order valence-electron chi connectivity index (χ4n) is 4.29. The lowest BCUT2D eigenvalue weighted by Crippen LogP contribution is -2.49. The van der Waals surface area contributed by atoms with Crippen molar-refractivity contribution in [1.29, 1.82) is 0 Å². The van der Waals surface area contributed by atoms with E-state index in [4.69, 9.17) is 28.9 Å². The van der Waals surface area contributed by atoms with Gasteiger partial charge in [0.1, 0.15) is 0 Å². The third kappa shape index (κ3) is 4.19. The van der Waals surface area contributed by atoms with E-state index in [1.807, 2.05) is 24.1 Å². The van der Waals surface area contributed by atoms with Gasteiger partial charge in [-0.1, -0.05) is 35.7 Å². The van der Waals surface area contributed by atoms with Gasteiger partial charge < -0.3 is 10.6 Å². The van der Waals surface area contributed by atoms with Crippen molar-refractivity contribution < 1.29 is 4.79 Å². The monoisotopic (exact) mass is 390 g/mol. The van der Waals surface area contributed by atoms with Crippen LogP contribution in [0.15, 0.2) is 18.2 Å². The summed E-state index contributed by atoms with van der Waals surface area (Å²) in [7, 11) is 1.87. The van der Waals surface area contributed by atoms with E-state index in [0.29, 0.717) is 34.5 Å². The zero-order valence-corrected chi connectivity index (χ0v) is 16.2. The van der Waals surface area contributed by atoms with Gasteiger partial charge >= 0.3 is 0 Å². The highest BCUT2D eigenvalue weighted by Crippen LogP contribution is 2.42. The lowest BCUT2D eigenvalue weighted by atomic mass is 9.65. The molecule has 2 saturated carbocycles. The Morgan fingerprint density at radius 3 is 2.42 bits per heavy atom. The Hall–Kier alpha value is -0.480. The second kappa shape index (κ2) is 8.27. The van der Waals surface area contributed by atoms with Crippen LogP contribution < -0.4 is 5.73 Å². The molecule has 2 aliphatic rings. The summed E-state index contributed by atoms with van der Waals surface area (Å²) >= 11 is 12.0. The Balaban J connectivity index is 0.00000208. The molecule has 2 atom stereocenters. The molecule has 0 heterocycles. The lowest BCUT2D eigenvalue weighted by Gasteiger charge is -2.44. The van der Waals surface area contributed by atoms with E-state index in [-0.39, 0.29) is 24.2 Å². The number of fused-ring (bicyclic) bond motifs is 2. The van der Waals surface area contributed by atoms with Crippen LogP contribution in [0, 0.1) is 17.8 Å². The zero-order chi connectivity index (χ0) is 16.6. The average molecular weight is 392 g/mol. The van der Waals surface area contributed by atoms with Gasteiger partial charge in [0, 0.05) is 25.6 Å². The third-order valence-corrected chi connectivity index (χ3v) is 6.28. The lowest BCUT2D eigenvalue weighted by molar-refractivity contribution is -0.137. The van der Waals surface area contributed by atoms with Crippen LogP contribution in [0.5, 0.6) is 0 Å². The molecule has 3 nitrogen and oxygen atoms in total. The van der Waals surface area contributed by atoms with Crippen LogP contribution in [0.25, 0.3) is 0 Å². The van der Waals surface area contributed by atoms with Gasteiger partial charge in [0.2, 0.25) is 5.91 Å². The topological polar surface area (TPSA) is 46.3 Å². The predicted octanol–water partition coefficient (Wildman–Crippen LogP) is 4.53. The Morgan fingerprint density at radius 1 is 1.21 bits per heavy atom. The molecule has 0 spiro atoms. The molecule has 1 amide bonds. The molecule has 2 bridgehead atoms. The first-order valence-corrected chi connectivity index (χ1v) is 9.15. The number of carbonyl (C=O) groups is 1. The average Bonchev–Trinajstić information content (AvgIpc) is 2.50. The van der Waals surface area contributed by atoms with Crippen molar-refractivity contribution in [2.75, 3.05) is 7.05 Å². The molecule has 2 unspecified atom stereocenters. The molecule has 0 radical (unpaired) electrons. The van der Waals surface area contributed by atoms with E-state index < -0.39 is 0 Å². The SMILES string of the molecule is CN(Cc1ccc(Cl)c(Cl)c1)C(=O)C1CC2CCCC(C1)C2N.Cl. The molecule has 134 valence electrons. The number of carbonyl (C=O) groups excluding carboxylic acids is 1. The summed E-state index contributed by atoms with van der Waals surface area (Å²) in [4.78, 5) is 14.6. The molecular weight excluding hydrogens is 367 g/mol. The van der Waals surface area contributed by atoms with Gasteiger partial charge in [0.05, 0.1) is 10.0 Å². The van der Waals surface area contributed by atoms with E-state index in [9.17, 15) is 4.79 Å². The standard InChI is InChI=1S/C18H24Cl2N2O.ClH/c1-22(10-11-5-6-15(19)16(20)7-11)18(23)14-8-12-3-2-4-13(9-14)17(12)21;/h5-7,12-14,17H,2-4,8-10,21H2,1H3;1H. The molecule has 24 heavy (non-hydrogen) atoms. The van der Waals surface area contributed by atoms with Crippen LogP contribution in [-0.2, 0) is 11.3 Å². The van der Waals surface area contributed by atoms with Crippen molar-refractivity contribution in [3.05, 3.63) is 33.8 Å². The summed E-state index contributed by atoms with van der Waals surface area (Å²) in [6.45, 7) is 0.563. The molecule has 2 N–H and O–H groups in total. The van der Waals surface area contributed by atoms with E-state index in [0.717, 1.165) is 18.4 Å².